The lowest BCUT2D eigenvalue weighted by molar-refractivity contribution is 0.837. The van der Waals surface area contributed by atoms with Crippen molar-refractivity contribution in [1.82, 2.24) is 0 Å². The van der Waals surface area contributed by atoms with Crippen LogP contribution in [0.5, 0.6) is 0 Å². The van der Waals surface area contributed by atoms with Gasteiger partial charge in [-0.05, 0) is 24.2 Å². The van der Waals surface area contributed by atoms with Gasteiger partial charge in [0.1, 0.15) is 0 Å². The molecular weight excluding hydrogens is 188 g/mol. The van der Waals surface area contributed by atoms with Crippen LogP contribution in [0, 0.1) is 12.3 Å². The van der Waals surface area contributed by atoms with Crippen molar-refractivity contribution in [3.63, 3.8) is 0 Å². The summed E-state index contributed by atoms with van der Waals surface area (Å²) in [6.45, 7) is 0. The van der Waals surface area contributed by atoms with E-state index in [2.05, 4.69) is 36.3 Å². The van der Waals surface area contributed by atoms with Gasteiger partial charge in [0, 0.05) is 12.2 Å². The number of thioether (sulfide) groups is 1. The van der Waals surface area contributed by atoms with Crippen LogP contribution in [0.2, 0.25) is 0 Å². The lowest BCUT2D eigenvalue weighted by atomic mass is 10.2. The van der Waals surface area contributed by atoms with Crippen LogP contribution in [0.25, 0.3) is 0 Å². The summed E-state index contributed by atoms with van der Waals surface area (Å²) in [5, 5.41) is 0. The first-order chi connectivity index (χ1) is 6.93. The molecule has 0 atom stereocenters. The molecule has 1 rings (SSSR count). The SMILES string of the molecule is C#CCCCCSCc1ccccc1. The van der Waals surface area contributed by atoms with Crippen molar-refractivity contribution in [3.8, 4) is 12.3 Å². The highest BCUT2D eigenvalue weighted by molar-refractivity contribution is 7.98. The molecule has 0 fully saturated rings. The number of hydrogen-bond donors (Lipinski definition) is 0. The molecule has 0 aromatic heterocycles. The zero-order valence-corrected chi connectivity index (χ0v) is 9.22. The lowest BCUT2D eigenvalue weighted by Crippen LogP contribution is -1.83. The fourth-order valence-electron chi connectivity index (χ4n) is 1.20. The van der Waals surface area contributed by atoms with Crippen molar-refractivity contribution in [3.05, 3.63) is 35.9 Å². The fourth-order valence-corrected chi connectivity index (χ4v) is 2.18. The molecule has 0 amide bonds. The van der Waals surface area contributed by atoms with Crippen molar-refractivity contribution in [2.45, 2.75) is 25.0 Å². The molecule has 14 heavy (non-hydrogen) atoms. The molecule has 0 saturated heterocycles. The molecule has 1 aromatic carbocycles. The van der Waals surface area contributed by atoms with Crippen molar-refractivity contribution in [1.29, 1.82) is 0 Å². The van der Waals surface area contributed by atoms with Gasteiger partial charge in [-0.15, -0.1) is 12.3 Å². The van der Waals surface area contributed by atoms with Gasteiger partial charge in [0.25, 0.3) is 0 Å². The number of hydrogen-bond acceptors (Lipinski definition) is 1. The third kappa shape index (κ3) is 4.99. The minimum Gasteiger partial charge on any atom is -0.157 e. The molecule has 1 heteroatoms. The smallest absolute Gasteiger partial charge is 0.0184 e. The average molecular weight is 204 g/mol. The van der Waals surface area contributed by atoms with Gasteiger partial charge in [0.2, 0.25) is 0 Å². The van der Waals surface area contributed by atoms with E-state index in [1.807, 2.05) is 11.8 Å². The van der Waals surface area contributed by atoms with Crippen molar-refractivity contribution in [2.24, 2.45) is 0 Å². The molecule has 0 aliphatic carbocycles. The Kier molecular flexibility index (Phi) is 6.02. The highest BCUT2D eigenvalue weighted by Gasteiger charge is 1.92. The van der Waals surface area contributed by atoms with Gasteiger partial charge in [-0.2, -0.15) is 11.8 Å². The molecule has 0 nitrogen and oxygen atoms in total. The Morgan fingerprint density at radius 1 is 1.14 bits per heavy atom. The van der Waals surface area contributed by atoms with Crippen LogP contribution in [0.1, 0.15) is 24.8 Å². The van der Waals surface area contributed by atoms with Gasteiger partial charge in [-0.25, -0.2) is 0 Å². The summed E-state index contributed by atoms with van der Waals surface area (Å²) in [5.41, 5.74) is 1.41. The quantitative estimate of drug-likeness (QED) is 0.502. The zero-order chi connectivity index (χ0) is 10.1. The van der Waals surface area contributed by atoms with Crippen molar-refractivity contribution in [2.75, 3.05) is 5.75 Å². The predicted molar refractivity (Wildman–Crippen MR) is 65.3 cm³/mol. The largest absolute Gasteiger partial charge is 0.157 e. The van der Waals surface area contributed by atoms with Gasteiger partial charge >= 0.3 is 0 Å². The highest BCUT2D eigenvalue weighted by Crippen LogP contribution is 2.13. The van der Waals surface area contributed by atoms with E-state index in [1.165, 1.54) is 17.7 Å². The van der Waals surface area contributed by atoms with E-state index in [4.69, 9.17) is 6.42 Å². The molecule has 0 spiro atoms. The van der Waals surface area contributed by atoms with Crippen LogP contribution in [-0.4, -0.2) is 5.75 Å². The molecule has 0 aliphatic heterocycles. The molecule has 0 radical (unpaired) electrons. The summed E-state index contributed by atoms with van der Waals surface area (Å²) in [7, 11) is 0. The Balaban J connectivity index is 2.03. The maximum Gasteiger partial charge on any atom is 0.0184 e. The van der Waals surface area contributed by atoms with Crippen LogP contribution in [0.4, 0.5) is 0 Å². The van der Waals surface area contributed by atoms with Crippen LogP contribution >= 0.6 is 11.8 Å². The zero-order valence-electron chi connectivity index (χ0n) is 8.41. The minimum atomic E-state index is 0.923. The van der Waals surface area contributed by atoms with Gasteiger partial charge in [0.05, 0.1) is 0 Å². The molecule has 0 bridgehead atoms. The first-order valence-corrected chi connectivity index (χ1v) is 6.14. The van der Waals surface area contributed by atoms with Crippen molar-refractivity contribution < 1.29 is 0 Å². The second-order valence-electron chi connectivity index (χ2n) is 3.20. The Bertz CT molecular complexity index is 271. The highest BCUT2D eigenvalue weighted by atomic mass is 32.2. The molecule has 0 saturated carbocycles. The fraction of sp³-hybridized carbons (Fsp3) is 0.385. The Labute approximate surface area is 91.1 Å². The van der Waals surface area contributed by atoms with E-state index in [-0.39, 0.29) is 0 Å². The van der Waals surface area contributed by atoms with E-state index in [0.29, 0.717) is 0 Å². The topological polar surface area (TPSA) is 0 Å². The summed E-state index contributed by atoms with van der Waals surface area (Å²) in [5.74, 6) is 5.01. The Hall–Kier alpha value is -0.870. The lowest BCUT2D eigenvalue weighted by Gasteiger charge is -2.00. The minimum absolute atomic E-state index is 0.923. The summed E-state index contributed by atoms with van der Waals surface area (Å²) in [6.07, 6.45) is 8.50. The third-order valence-electron chi connectivity index (χ3n) is 1.97. The van der Waals surface area contributed by atoms with Gasteiger partial charge in [-0.1, -0.05) is 30.3 Å². The van der Waals surface area contributed by atoms with Gasteiger partial charge in [-0.3, -0.25) is 0 Å². The number of unbranched alkanes of at least 4 members (excludes halogenated alkanes) is 2. The van der Waals surface area contributed by atoms with E-state index in [1.54, 1.807) is 0 Å². The van der Waals surface area contributed by atoms with E-state index >= 15 is 0 Å². The summed E-state index contributed by atoms with van der Waals surface area (Å²) in [6, 6.07) is 10.6. The maximum absolute atomic E-state index is 5.18. The molecule has 0 heterocycles. The molecule has 0 unspecified atom stereocenters. The Morgan fingerprint density at radius 3 is 2.64 bits per heavy atom. The number of terminal acetylenes is 1. The van der Waals surface area contributed by atoms with Crippen LogP contribution in [0.3, 0.4) is 0 Å². The molecule has 0 aliphatic rings. The monoisotopic (exact) mass is 204 g/mol. The first kappa shape index (κ1) is 11.2. The Morgan fingerprint density at radius 2 is 1.93 bits per heavy atom. The molecule has 0 N–H and O–H groups in total. The third-order valence-corrected chi connectivity index (χ3v) is 3.09. The van der Waals surface area contributed by atoms with Crippen LogP contribution in [-0.2, 0) is 5.75 Å². The number of rotatable bonds is 6. The summed E-state index contributed by atoms with van der Waals surface area (Å²) in [4.78, 5) is 0. The molecule has 1 aromatic rings. The first-order valence-electron chi connectivity index (χ1n) is 4.98. The average Bonchev–Trinajstić information content (AvgIpc) is 2.25. The molecule has 74 valence electrons. The van der Waals surface area contributed by atoms with Gasteiger partial charge in [0.15, 0.2) is 0 Å². The van der Waals surface area contributed by atoms with E-state index in [9.17, 15) is 0 Å². The predicted octanol–water partition coefficient (Wildman–Crippen LogP) is 3.72. The van der Waals surface area contributed by atoms with Gasteiger partial charge < -0.3 is 0 Å². The van der Waals surface area contributed by atoms with Crippen LogP contribution < -0.4 is 0 Å². The van der Waals surface area contributed by atoms with E-state index in [0.717, 1.165) is 18.6 Å². The van der Waals surface area contributed by atoms with Crippen molar-refractivity contribution >= 4 is 11.8 Å². The normalized spacial score (nSPS) is 9.64. The van der Waals surface area contributed by atoms with E-state index < -0.39 is 0 Å². The second-order valence-corrected chi connectivity index (χ2v) is 4.30. The molecular formula is C13H16S. The van der Waals surface area contributed by atoms with Crippen LogP contribution in [0.15, 0.2) is 30.3 Å². The number of benzene rings is 1. The summed E-state index contributed by atoms with van der Waals surface area (Å²) >= 11 is 1.99. The maximum atomic E-state index is 5.18. The summed E-state index contributed by atoms with van der Waals surface area (Å²) < 4.78 is 0. The standard InChI is InChI=1S/C13H16S/c1-2-3-4-8-11-14-12-13-9-6-5-7-10-13/h1,5-7,9-10H,3-4,8,11-12H2. The second kappa shape index (κ2) is 7.53.